The van der Waals surface area contributed by atoms with Crippen LogP contribution < -0.4 is 14.8 Å². The lowest BCUT2D eigenvalue weighted by Crippen LogP contribution is -2.36. The predicted octanol–water partition coefficient (Wildman–Crippen LogP) is 1.48. The number of rotatable bonds is 8. The summed E-state index contributed by atoms with van der Waals surface area (Å²) >= 11 is 0. The van der Waals surface area contributed by atoms with Gasteiger partial charge in [0, 0.05) is 18.2 Å². The highest BCUT2D eigenvalue weighted by Crippen LogP contribution is 2.25. The maximum atomic E-state index is 11.9. The minimum absolute atomic E-state index is 0.00620. The zero-order chi connectivity index (χ0) is 16.5. The predicted molar refractivity (Wildman–Crippen MR) is 82.0 cm³/mol. The second kappa shape index (κ2) is 8.71. The van der Waals surface area contributed by atoms with Gasteiger partial charge >= 0.3 is 5.97 Å². The van der Waals surface area contributed by atoms with Gasteiger partial charge in [0.05, 0.1) is 20.6 Å². The van der Waals surface area contributed by atoms with Crippen LogP contribution >= 0.6 is 0 Å². The molecule has 0 fully saturated rings. The van der Waals surface area contributed by atoms with E-state index < -0.39 is 12.1 Å². The fourth-order valence-electron chi connectivity index (χ4n) is 1.76. The van der Waals surface area contributed by atoms with Crippen molar-refractivity contribution in [2.75, 3.05) is 20.8 Å². The van der Waals surface area contributed by atoms with Gasteiger partial charge in [-0.05, 0) is 13.0 Å². The van der Waals surface area contributed by atoms with Gasteiger partial charge in [-0.15, -0.1) is 6.58 Å². The number of ether oxygens (including phenoxy) is 3. The molecule has 0 saturated carbocycles. The van der Waals surface area contributed by atoms with E-state index in [-0.39, 0.29) is 12.3 Å². The van der Waals surface area contributed by atoms with E-state index in [1.807, 2.05) is 0 Å². The Hall–Kier alpha value is -2.50. The molecule has 6 heteroatoms. The largest absolute Gasteiger partial charge is 0.497 e. The molecule has 0 aliphatic heterocycles. The number of nitrogens with one attached hydrogen (secondary N) is 1. The molecule has 1 N–H and O–H groups in total. The molecule has 0 aliphatic carbocycles. The summed E-state index contributed by atoms with van der Waals surface area (Å²) in [6, 6.07) is 5.13. The molecule has 1 rings (SSSR count). The second-order valence-corrected chi connectivity index (χ2v) is 4.52. The van der Waals surface area contributed by atoms with Crippen LogP contribution in [0.2, 0.25) is 0 Å². The van der Waals surface area contributed by atoms with Crippen molar-refractivity contribution in [1.29, 1.82) is 0 Å². The maximum absolute atomic E-state index is 11.9. The van der Waals surface area contributed by atoms with Crippen molar-refractivity contribution in [3.05, 3.63) is 36.4 Å². The number of hydrogen-bond acceptors (Lipinski definition) is 5. The van der Waals surface area contributed by atoms with Crippen molar-refractivity contribution < 1.29 is 23.8 Å². The molecule has 0 aliphatic rings. The van der Waals surface area contributed by atoms with Gasteiger partial charge in [0.15, 0.2) is 6.10 Å². The van der Waals surface area contributed by atoms with Crippen LogP contribution in [0.25, 0.3) is 0 Å². The first kappa shape index (κ1) is 17.6. The maximum Gasteiger partial charge on any atom is 0.311 e. The number of amides is 1. The molecule has 1 aromatic rings. The van der Waals surface area contributed by atoms with Gasteiger partial charge in [-0.2, -0.15) is 0 Å². The molecule has 0 unspecified atom stereocenters. The highest BCUT2D eigenvalue weighted by atomic mass is 16.5. The van der Waals surface area contributed by atoms with E-state index in [4.69, 9.17) is 14.2 Å². The normalized spacial score (nSPS) is 11.2. The lowest BCUT2D eigenvalue weighted by molar-refractivity contribution is -0.154. The Morgan fingerprint density at radius 2 is 2.05 bits per heavy atom. The third-order valence-corrected chi connectivity index (χ3v) is 2.93. The van der Waals surface area contributed by atoms with Crippen LogP contribution in [0.3, 0.4) is 0 Å². The summed E-state index contributed by atoms with van der Waals surface area (Å²) in [5.41, 5.74) is 0.659. The molecule has 0 spiro atoms. The van der Waals surface area contributed by atoms with Gasteiger partial charge in [0.2, 0.25) is 0 Å². The van der Waals surface area contributed by atoms with Crippen molar-refractivity contribution in [2.24, 2.45) is 0 Å². The summed E-state index contributed by atoms with van der Waals surface area (Å²) in [5, 5.41) is 2.56. The Kier molecular flexibility index (Phi) is 6.95. The summed E-state index contributed by atoms with van der Waals surface area (Å²) in [4.78, 5) is 23.5. The average molecular weight is 307 g/mol. The van der Waals surface area contributed by atoms with Gasteiger partial charge < -0.3 is 19.5 Å². The molecule has 0 heterocycles. The highest BCUT2D eigenvalue weighted by Gasteiger charge is 2.18. The zero-order valence-corrected chi connectivity index (χ0v) is 13.0. The summed E-state index contributed by atoms with van der Waals surface area (Å²) in [6.07, 6.45) is 0.692. The monoisotopic (exact) mass is 307 g/mol. The van der Waals surface area contributed by atoms with E-state index in [1.54, 1.807) is 31.4 Å². The summed E-state index contributed by atoms with van der Waals surface area (Å²) < 4.78 is 15.4. The molecule has 22 heavy (non-hydrogen) atoms. The number of hydrogen-bond donors (Lipinski definition) is 1. The Balaban J connectivity index is 2.65. The van der Waals surface area contributed by atoms with Crippen LogP contribution in [-0.4, -0.2) is 38.7 Å². The first-order chi connectivity index (χ1) is 10.5. The van der Waals surface area contributed by atoms with Gasteiger partial charge in [-0.1, -0.05) is 12.1 Å². The molecule has 1 atom stereocenters. The van der Waals surface area contributed by atoms with E-state index in [9.17, 15) is 9.59 Å². The number of esters is 1. The Morgan fingerprint density at radius 3 is 2.64 bits per heavy atom. The summed E-state index contributed by atoms with van der Waals surface area (Å²) in [6.45, 7) is 5.34. The van der Waals surface area contributed by atoms with Crippen molar-refractivity contribution in [3.63, 3.8) is 0 Å². The average Bonchev–Trinajstić information content (AvgIpc) is 2.52. The van der Waals surface area contributed by atoms with Gasteiger partial charge in [-0.25, -0.2) is 0 Å². The van der Waals surface area contributed by atoms with Crippen molar-refractivity contribution in [2.45, 2.75) is 19.4 Å². The molecule has 1 amide bonds. The summed E-state index contributed by atoms with van der Waals surface area (Å²) in [5.74, 6) is 0.283. The lowest BCUT2D eigenvalue weighted by Gasteiger charge is -2.14. The molecule has 1 aromatic carbocycles. The number of carbonyl (C=O) groups is 2. The van der Waals surface area contributed by atoms with Crippen LogP contribution in [0.15, 0.2) is 30.9 Å². The first-order valence-electron chi connectivity index (χ1n) is 6.80. The molecule has 0 radical (unpaired) electrons. The van der Waals surface area contributed by atoms with Crippen molar-refractivity contribution in [3.8, 4) is 11.5 Å². The number of benzene rings is 1. The van der Waals surface area contributed by atoms with Gasteiger partial charge in [0.25, 0.3) is 5.91 Å². The van der Waals surface area contributed by atoms with Gasteiger partial charge in [-0.3, -0.25) is 9.59 Å². The molecule has 6 nitrogen and oxygen atoms in total. The van der Waals surface area contributed by atoms with Gasteiger partial charge in [0.1, 0.15) is 11.5 Å². The molecule has 120 valence electrons. The van der Waals surface area contributed by atoms with Crippen LogP contribution in [-0.2, 0) is 20.7 Å². The Morgan fingerprint density at radius 1 is 1.32 bits per heavy atom. The fourth-order valence-corrected chi connectivity index (χ4v) is 1.76. The van der Waals surface area contributed by atoms with Crippen LogP contribution in [0.1, 0.15) is 12.5 Å². The molecule has 0 saturated heterocycles. The Bertz CT molecular complexity index is 541. The molecule has 0 bridgehead atoms. The number of carbonyl (C=O) groups excluding carboxylic acids is 2. The van der Waals surface area contributed by atoms with Crippen LogP contribution in [0, 0.1) is 0 Å². The van der Waals surface area contributed by atoms with E-state index in [0.29, 0.717) is 23.6 Å². The molecular formula is C16H21NO5. The fraction of sp³-hybridized carbons (Fsp3) is 0.375. The molecular weight excluding hydrogens is 286 g/mol. The number of methoxy groups -OCH3 is 2. The SMILES string of the molecule is C=CCNC(=O)[C@H](C)OC(=O)Cc1ccc(OC)cc1OC. The van der Waals surface area contributed by atoms with E-state index in [2.05, 4.69) is 11.9 Å². The third-order valence-electron chi connectivity index (χ3n) is 2.93. The zero-order valence-electron chi connectivity index (χ0n) is 13.0. The Labute approximate surface area is 130 Å². The highest BCUT2D eigenvalue weighted by molar-refractivity contribution is 5.84. The summed E-state index contributed by atoms with van der Waals surface area (Å²) in [7, 11) is 3.06. The smallest absolute Gasteiger partial charge is 0.311 e. The standard InChI is InChI=1S/C16H21NO5/c1-5-8-17-16(19)11(2)22-15(18)9-12-6-7-13(20-3)10-14(12)21-4/h5-7,10-11H,1,8-9H2,2-4H3,(H,17,19)/t11-/m0/s1. The quantitative estimate of drug-likeness (QED) is 0.582. The third kappa shape index (κ3) is 5.12. The molecule has 0 aromatic heterocycles. The van der Waals surface area contributed by atoms with Crippen molar-refractivity contribution >= 4 is 11.9 Å². The van der Waals surface area contributed by atoms with Crippen LogP contribution in [0.5, 0.6) is 11.5 Å². The van der Waals surface area contributed by atoms with Crippen molar-refractivity contribution in [1.82, 2.24) is 5.32 Å². The van der Waals surface area contributed by atoms with E-state index in [1.165, 1.54) is 14.0 Å². The van der Waals surface area contributed by atoms with E-state index in [0.717, 1.165) is 0 Å². The second-order valence-electron chi connectivity index (χ2n) is 4.52. The first-order valence-corrected chi connectivity index (χ1v) is 6.80. The van der Waals surface area contributed by atoms with Crippen LogP contribution in [0.4, 0.5) is 0 Å². The minimum Gasteiger partial charge on any atom is -0.497 e. The van der Waals surface area contributed by atoms with E-state index >= 15 is 0 Å². The minimum atomic E-state index is -0.864. The topological polar surface area (TPSA) is 73.9 Å². The lowest BCUT2D eigenvalue weighted by atomic mass is 10.1.